The van der Waals surface area contributed by atoms with Crippen LogP contribution in [0.4, 0.5) is 0 Å². The van der Waals surface area contributed by atoms with Crippen molar-refractivity contribution in [2.75, 3.05) is 0 Å². The van der Waals surface area contributed by atoms with Crippen LogP contribution in [0, 0.1) is 11.3 Å². The largest absolute Gasteiger partial charge is 0.478 e. The van der Waals surface area contributed by atoms with Gasteiger partial charge < -0.3 is 5.11 Å². The predicted octanol–water partition coefficient (Wildman–Crippen LogP) is 3.46. The maximum atomic E-state index is 11.1. The zero-order valence-electron chi connectivity index (χ0n) is 9.50. The van der Waals surface area contributed by atoms with Gasteiger partial charge in [-0.1, -0.05) is 23.4 Å². The van der Waals surface area contributed by atoms with E-state index in [0.717, 1.165) is 11.8 Å². The maximum Gasteiger partial charge on any atom is 0.338 e. The molecule has 0 amide bonds. The lowest BCUT2D eigenvalue weighted by Gasteiger charge is -2.06. The highest BCUT2D eigenvalue weighted by atomic mass is 35.5. The summed E-state index contributed by atoms with van der Waals surface area (Å²) in [5, 5.41) is 18.6. The van der Waals surface area contributed by atoms with Gasteiger partial charge in [-0.05, 0) is 30.3 Å². The van der Waals surface area contributed by atoms with Crippen LogP contribution in [-0.4, -0.2) is 16.1 Å². The van der Waals surface area contributed by atoms with Crippen LogP contribution in [0.1, 0.15) is 15.9 Å². The van der Waals surface area contributed by atoms with Crippen LogP contribution < -0.4 is 0 Å². The number of pyridine rings is 1. The van der Waals surface area contributed by atoms with Crippen molar-refractivity contribution < 1.29 is 9.90 Å². The molecule has 0 unspecified atom stereocenters. The Morgan fingerprint density at radius 1 is 1.42 bits per heavy atom. The maximum absolute atomic E-state index is 11.1. The molecule has 6 heteroatoms. The third-order valence-corrected chi connectivity index (χ3v) is 3.79. The van der Waals surface area contributed by atoms with Crippen molar-refractivity contribution >= 4 is 29.3 Å². The zero-order chi connectivity index (χ0) is 13.8. The number of aromatic nitrogens is 1. The summed E-state index contributed by atoms with van der Waals surface area (Å²) in [5.74, 6) is -1.04. The Bertz CT molecular complexity index is 683. The molecular weight excluding hydrogens is 284 g/mol. The van der Waals surface area contributed by atoms with Gasteiger partial charge in [-0.25, -0.2) is 9.78 Å². The normalized spacial score (nSPS) is 9.89. The smallest absolute Gasteiger partial charge is 0.338 e. The molecule has 0 saturated heterocycles. The Balaban J connectivity index is 2.37. The first-order valence-corrected chi connectivity index (χ1v) is 6.37. The summed E-state index contributed by atoms with van der Waals surface area (Å²) in [5.41, 5.74) is 0.571. The van der Waals surface area contributed by atoms with Gasteiger partial charge in [0.05, 0.1) is 22.2 Å². The van der Waals surface area contributed by atoms with Crippen molar-refractivity contribution in [2.24, 2.45) is 0 Å². The van der Waals surface area contributed by atoms with Crippen LogP contribution in [0.2, 0.25) is 5.02 Å². The fourth-order valence-corrected chi connectivity index (χ4v) is 2.57. The van der Waals surface area contributed by atoms with E-state index in [4.69, 9.17) is 22.0 Å². The van der Waals surface area contributed by atoms with Crippen molar-refractivity contribution in [3.63, 3.8) is 0 Å². The number of carboxylic acids is 1. The first-order valence-electron chi connectivity index (χ1n) is 5.17. The highest BCUT2D eigenvalue weighted by molar-refractivity contribution is 7.99. The number of rotatable bonds is 3. The number of benzene rings is 1. The molecule has 1 aromatic carbocycles. The Kier molecular flexibility index (Phi) is 4.05. The number of hydrogen-bond donors (Lipinski definition) is 1. The van der Waals surface area contributed by atoms with Gasteiger partial charge >= 0.3 is 5.97 Å². The molecule has 0 aliphatic carbocycles. The van der Waals surface area contributed by atoms with Gasteiger partial charge in [0.2, 0.25) is 0 Å². The molecule has 4 nitrogen and oxygen atoms in total. The van der Waals surface area contributed by atoms with Crippen LogP contribution >= 0.6 is 23.4 Å². The van der Waals surface area contributed by atoms with Crippen LogP contribution in [0.3, 0.4) is 0 Å². The average molecular weight is 291 g/mol. The van der Waals surface area contributed by atoms with Crippen molar-refractivity contribution in [1.82, 2.24) is 4.98 Å². The van der Waals surface area contributed by atoms with Gasteiger partial charge in [-0.2, -0.15) is 5.26 Å². The zero-order valence-corrected chi connectivity index (χ0v) is 11.1. The molecule has 0 aliphatic rings. The molecule has 0 spiro atoms. The van der Waals surface area contributed by atoms with E-state index in [2.05, 4.69) is 4.98 Å². The highest BCUT2D eigenvalue weighted by Crippen LogP contribution is 2.34. The fraction of sp³-hybridized carbons (Fsp3) is 0. The summed E-state index contributed by atoms with van der Waals surface area (Å²) < 4.78 is 0. The molecule has 0 fully saturated rings. The van der Waals surface area contributed by atoms with Crippen LogP contribution in [-0.2, 0) is 0 Å². The lowest BCUT2D eigenvalue weighted by molar-refractivity contribution is 0.0692. The lowest BCUT2D eigenvalue weighted by Crippen LogP contribution is -2.00. The highest BCUT2D eigenvalue weighted by Gasteiger charge is 2.13. The van der Waals surface area contributed by atoms with Crippen LogP contribution in [0.15, 0.2) is 46.5 Å². The van der Waals surface area contributed by atoms with Crippen LogP contribution in [0.25, 0.3) is 0 Å². The van der Waals surface area contributed by atoms with E-state index in [-0.39, 0.29) is 5.56 Å². The van der Waals surface area contributed by atoms with Gasteiger partial charge in [0.25, 0.3) is 0 Å². The number of aromatic carboxylic acids is 1. The summed E-state index contributed by atoms with van der Waals surface area (Å²) in [7, 11) is 0. The lowest BCUT2D eigenvalue weighted by atomic mass is 10.2. The molecule has 1 heterocycles. The molecule has 2 aromatic rings. The molecule has 19 heavy (non-hydrogen) atoms. The van der Waals surface area contributed by atoms with E-state index in [9.17, 15) is 4.79 Å². The molecule has 0 aliphatic heterocycles. The molecule has 0 atom stereocenters. The third kappa shape index (κ3) is 3.05. The predicted molar refractivity (Wildman–Crippen MR) is 71.5 cm³/mol. The van der Waals surface area contributed by atoms with E-state index in [1.165, 1.54) is 18.3 Å². The Hall–Kier alpha value is -2.03. The minimum atomic E-state index is -1.04. The van der Waals surface area contributed by atoms with E-state index in [1.807, 2.05) is 6.07 Å². The quantitative estimate of drug-likeness (QED) is 0.937. The van der Waals surface area contributed by atoms with Crippen molar-refractivity contribution in [1.29, 1.82) is 5.26 Å². The second-order valence-electron chi connectivity index (χ2n) is 3.52. The van der Waals surface area contributed by atoms with Crippen molar-refractivity contribution in [3.05, 3.63) is 52.7 Å². The van der Waals surface area contributed by atoms with Gasteiger partial charge in [0, 0.05) is 11.1 Å². The standard InChI is InChI=1S/C13H7ClN2O2S/c14-10-6-8(7-15)3-4-11(10)19-12-9(13(17)18)2-1-5-16-12/h1-6H,(H,17,18). The molecular formula is C13H7ClN2O2S. The second-order valence-corrected chi connectivity index (χ2v) is 4.96. The first-order chi connectivity index (χ1) is 9.11. The number of carbonyl (C=O) groups is 1. The molecule has 2 rings (SSSR count). The van der Waals surface area contributed by atoms with E-state index in [1.54, 1.807) is 18.2 Å². The van der Waals surface area contributed by atoms with Gasteiger partial charge in [0.1, 0.15) is 5.03 Å². The number of carboxylic acid groups (broad SMARTS) is 1. The summed E-state index contributed by atoms with van der Waals surface area (Å²) in [4.78, 5) is 15.8. The minimum absolute atomic E-state index is 0.118. The minimum Gasteiger partial charge on any atom is -0.478 e. The number of hydrogen-bond acceptors (Lipinski definition) is 4. The molecule has 0 radical (unpaired) electrons. The first kappa shape index (κ1) is 13.4. The molecule has 94 valence electrons. The topological polar surface area (TPSA) is 74.0 Å². The van der Waals surface area contributed by atoms with Gasteiger partial charge in [0.15, 0.2) is 0 Å². The third-order valence-electron chi connectivity index (χ3n) is 2.27. The summed E-state index contributed by atoms with van der Waals surface area (Å²) in [6.07, 6.45) is 1.52. The van der Waals surface area contributed by atoms with Crippen molar-refractivity contribution in [3.8, 4) is 6.07 Å². The fourth-order valence-electron chi connectivity index (χ4n) is 1.39. The molecule has 0 saturated carbocycles. The second kappa shape index (κ2) is 5.74. The summed E-state index contributed by atoms with van der Waals surface area (Å²) in [6.45, 7) is 0. The Morgan fingerprint density at radius 2 is 2.21 bits per heavy atom. The monoisotopic (exact) mass is 290 g/mol. The summed E-state index contributed by atoms with van der Waals surface area (Å²) >= 11 is 7.20. The SMILES string of the molecule is N#Cc1ccc(Sc2ncccc2C(=O)O)c(Cl)c1. The molecule has 1 N–H and O–H groups in total. The van der Waals surface area contributed by atoms with E-state index < -0.39 is 5.97 Å². The number of halogens is 1. The van der Waals surface area contributed by atoms with E-state index in [0.29, 0.717) is 20.5 Å². The molecule has 0 bridgehead atoms. The average Bonchev–Trinajstić information content (AvgIpc) is 2.41. The molecule has 1 aromatic heterocycles. The number of nitriles is 1. The van der Waals surface area contributed by atoms with E-state index >= 15 is 0 Å². The van der Waals surface area contributed by atoms with Crippen LogP contribution in [0.5, 0.6) is 0 Å². The Morgan fingerprint density at radius 3 is 2.84 bits per heavy atom. The Labute approximate surface area is 118 Å². The van der Waals surface area contributed by atoms with Gasteiger partial charge in [-0.3, -0.25) is 0 Å². The van der Waals surface area contributed by atoms with Crippen molar-refractivity contribution in [2.45, 2.75) is 9.92 Å². The summed E-state index contributed by atoms with van der Waals surface area (Å²) in [6, 6.07) is 9.86. The number of nitrogens with zero attached hydrogens (tertiary/aromatic N) is 2. The van der Waals surface area contributed by atoms with Gasteiger partial charge in [-0.15, -0.1) is 0 Å².